The molecular formula is C30H44O6. The normalized spacial score (nSPS) is 36.9. The van der Waals surface area contributed by atoms with Crippen molar-refractivity contribution in [1.29, 1.82) is 0 Å². The van der Waals surface area contributed by atoms with Gasteiger partial charge >= 0.3 is 11.9 Å². The predicted octanol–water partition coefficient (Wildman–Crippen LogP) is 5.52. The fraction of sp³-hybridized carbons (Fsp3) is 0.667. The molecule has 0 heterocycles. The van der Waals surface area contributed by atoms with E-state index < -0.39 is 40.7 Å². The van der Waals surface area contributed by atoms with E-state index in [1.165, 1.54) is 0 Å². The Bertz CT molecular complexity index is 1000. The zero-order chi connectivity index (χ0) is 27.1. The number of aliphatic hydroxyl groups is 2. The summed E-state index contributed by atoms with van der Waals surface area (Å²) in [5.74, 6) is -2.68. The molecule has 1 saturated carbocycles. The molecule has 6 heteroatoms. The highest BCUT2D eigenvalue weighted by Crippen LogP contribution is 2.70. The molecule has 36 heavy (non-hydrogen) atoms. The summed E-state index contributed by atoms with van der Waals surface area (Å²) in [6, 6.07) is 0. The Morgan fingerprint density at radius 2 is 1.83 bits per heavy atom. The van der Waals surface area contributed by atoms with Crippen molar-refractivity contribution in [1.82, 2.24) is 0 Å². The fourth-order valence-corrected chi connectivity index (χ4v) is 7.79. The molecular weight excluding hydrogens is 456 g/mol. The van der Waals surface area contributed by atoms with E-state index in [0.717, 1.165) is 28.7 Å². The lowest BCUT2D eigenvalue weighted by molar-refractivity contribution is -0.148. The summed E-state index contributed by atoms with van der Waals surface area (Å²) in [6.07, 6.45) is 9.02. The first kappa shape index (κ1) is 28.4. The quantitative estimate of drug-likeness (QED) is 0.294. The lowest BCUT2D eigenvalue weighted by atomic mass is 9.48. The second-order valence-corrected chi connectivity index (χ2v) is 12.2. The average molecular weight is 501 g/mol. The number of carboxylic acids is 2. The largest absolute Gasteiger partial charge is 0.481 e. The number of aliphatic carboxylic acids is 2. The van der Waals surface area contributed by atoms with E-state index in [-0.39, 0.29) is 24.4 Å². The third kappa shape index (κ3) is 4.63. The maximum Gasteiger partial charge on any atom is 0.306 e. The number of carboxylic acid groups (broad SMARTS) is 2. The Kier molecular flexibility index (Phi) is 8.12. The molecule has 3 aliphatic rings. The Morgan fingerprint density at radius 3 is 2.39 bits per heavy atom. The molecule has 4 N–H and O–H groups in total. The van der Waals surface area contributed by atoms with Crippen molar-refractivity contribution in [3.8, 4) is 0 Å². The number of carbonyl (C=O) groups is 2. The molecule has 0 amide bonds. The third-order valence-corrected chi connectivity index (χ3v) is 10.0. The maximum atomic E-state index is 12.5. The molecule has 0 bridgehead atoms. The average Bonchev–Trinajstić information content (AvgIpc) is 3.00. The molecule has 1 unspecified atom stereocenters. The summed E-state index contributed by atoms with van der Waals surface area (Å²) in [7, 11) is 0. The lowest BCUT2D eigenvalue weighted by Crippen LogP contribution is -2.48. The maximum absolute atomic E-state index is 12.5. The minimum absolute atomic E-state index is 0.0485. The van der Waals surface area contributed by atoms with E-state index in [0.29, 0.717) is 32.1 Å². The molecule has 0 aromatic heterocycles. The van der Waals surface area contributed by atoms with Crippen LogP contribution in [-0.4, -0.2) is 45.1 Å². The van der Waals surface area contributed by atoms with Crippen LogP contribution in [0.4, 0.5) is 0 Å². The molecule has 1 fully saturated rings. The molecule has 7 atom stereocenters. The van der Waals surface area contributed by atoms with Crippen molar-refractivity contribution >= 4 is 11.9 Å². The smallest absolute Gasteiger partial charge is 0.306 e. The minimum Gasteiger partial charge on any atom is -0.481 e. The lowest BCUT2D eigenvalue weighted by Gasteiger charge is -2.56. The van der Waals surface area contributed by atoms with Gasteiger partial charge in [-0.2, -0.15) is 0 Å². The second kappa shape index (κ2) is 10.3. The minimum atomic E-state index is -0.888. The van der Waals surface area contributed by atoms with Gasteiger partial charge in [-0.3, -0.25) is 9.59 Å². The van der Waals surface area contributed by atoms with E-state index in [2.05, 4.69) is 39.5 Å². The summed E-state index contributed by atoms with van der Waals surface area (Å²) < 4.78 is 0. The summed E-state index contributed by atoms with van der Waals surface area (Å²) in [5.41, 5.74) is 2.92. The molecule has 0 aromatic carbocycles. The van der Waals surface area contributed by atoms with Crippen LogP contribution in [0.3, 0.4) is 0 Å². The standard InChI is InChI=1S/C30H44O6/c1-18(2)21-10-11-23-22(28(21,4)14-13-25(33)34)12-15-29(5)26(24(32)16-30(23,29)6)20(27(35)36)9-7-8-19(3)17-31/h8,11-12,20-21,24,26,31-32H,1,7,9-10,13-17H2,2-6H3,(H,33,34)(H,35,36)/b19-8-/t20?,21-,24+,26-,28-,29+,30-/m0/s1. The summed E-state index contributed by atoms with van der Waals surface area (Å²) in [4.78, 5) is 24.0. The number of allylic oxidation sites excluding steroid dienone is 6. The van der Waals surface area contributed by atoms with Crippen LogP contribution >= 0.6 is 0 Å². The van der Waals surface area contributed by atoms with E-state index in [4.69, 9.17) is 0 Å². The van der Waals surface area contributed by atoms with Gasteiger partial charge in [0.25, 0.3) is 0 Å². The van der Waals surface area contributed by atoms with Crippen molar-refractivity contribution in [2.24, 2.45) is 34.0 Å². The van der Waals surface area contributed by atoms with E-state index in [1.807, 2.05) is 19.9 Å². The zero-order valence-electron chi connectivity index (χ0n) is 22.5. The van der Waals surface area contributed by atoms with Crippen LogP contribution in [0.15, 0.2) is 47.1 Å². The van der Waals surface area contributed by atoms with Gasteiger partial charge in [0.15, 0.2) is 0 Å². The van der Waals surface area contributed by atoms with Gasteiger partial charge < -0.3 is 20.4 Å². The summed E-state index contributed by atoms with van der Waals surface area (Å²) in [5, 5.41) is 40.4. The Morgan fingerprint density at radius 1 is 1.17 bits per heavy atom. The number of hydrogen-bond acceptors (Lipinski definition) is 4. The Labute approximate surface area is 215 Å². The van der Waals surface area contributed by atoms with Gasteiger partial charge in [-0.25, -0.2) is 0 Å². The van der Waals surface area contributed by atoms with Gasteiger partial charge in [-0.15, -0.1) is 0 Å². The first-order valence-corrected chi connectivity index (χ1v) is 13.2. The van der Waals surface area contributed by atoms with Gasteiger partial charge in [0.1, 0.15) is 0 Å². The zero-order valence-corrected chi connectivity index (χ0v) is 22.5. The predicted molar refractivity (Wildman–Crippen MR) is 140 cm³/mol. The molecule has 200 valence electrons. The molecule has 6 nitrogen and oxygen atoms in total. The van der Waals surface area contributed by atoms with E-state index >= 15 is 0 Å². The molecule has 0 saturated heterocycles. The van der Waals surface area contributed by atoms with Crippen molar-refractivity contribution in [2.75, 3.05) is 6.61 Å². The monoisotopic (exact) mass is 500 g/mol. The number of rotatable bonds is 10. The van der Waals surface area contributed by atoms with Crippen molar-refractivity contribution in [2.45, 2.75) is 85.7 Å². The molecule has 0 radical (unpaired) electrons. The third-order valence-electron chi connectivity index (χ3n) is 10.0. The van der Waals surface area contributed by atoms with Crippen molar-refractivity contribution < 1.29 is 30.0 Å². The summed E-state index contributed by atoms with van der Waals surface area (Å²) >= 11 is 0. The SMILES string of the molecule is C=C(C)[C@@H]1CC=C2C(=CC[C@]3(C)[C@@H](C(CC/C=C(/C)CO)C(=O)O)[C@H](O)C[C@@]23C)[C@@]1(C)CCC(=O)O. The van der Waals surface area contributed by atoms with Gasteiger partial charge in [0.05, 0.1) is 18.6 Å². The van der Waals surface area contributed by atoms with Crippen LogP contribution in [0.1, 0.15) is 79.6 Å². The Balaban J connectivity index is 2.04. The van der Waals surface area contributed by atoms with Crippen molar-refractivity contribution in [3.63, 3.8) is 0 Å². The molecule has 3 rings (SSSR count). The first-order valence-electron chi connectivity index (χ1n) is 13.2. The highest BCUT2D eigenvalue weighted by atomic mass is 16.4. The van der Waals surface area contributed by atoms with E-state index in [9.17, 15) is 30.0 Å². The van der Waals surface area contributed by atoms with Crippen LogP contribution in [0.2, 0.25) is 0 Å². The molecule has 3 aliphatic carbocycles. The fourth-order valence-electron chi connectivity index (χ4n) is 7.79. The van der Waals surface area contributed by atoms with E-state index in [1.54, 1.807) is 0 Å². The highest BCUT2D eigenvalue weighted by Gasteiger charge is 2.65. The number of hydrogen-bond donors (Lipinski definition) is 4. The topological polar surface area (TPSA) is 115 Å². The first-order chi connectivity index (χ1) is 16.7. The molecule has 0 aromatic rings. The second-order valence-electron chi connectivity index (χ2n) is 12.2. The Hall–Kier alpha value is -2.18. The van der Waals surface area contributed by atoms with Crippen LogP contribution in [0.25, 0.3) is 0 Å². The van der Waals surface area contributed by atoms with Crippen molar-refractivity contribution in [3.05, 3.63) is 47.1 Å². The van der Waals surface area contributed by atoms with Gasteiger partial charge in [-0.1, -0.05) is 56.7 Å². The number of aliphatic hydroxyl groups excluding tert-OH is 2. The number of fused-ring (bicyclic) bond motifs is 3. The molecule has 0 aliphatic heterocycles. The van der Waals surface area contributed by atoms with Gasteiger partial charge in [0.2, 0.25) is 0 Å². The molecule has 0 spiro atoms. The summed E-state index contributed by atoms with van der Waals surface area (Å²) in [6.45, 7) is 14.5. The van der Waals surface area contributed by atoms with Crippen LogP contribution < -0.4 is 0 Å². The van der Waals surface area contributed by atoms with Crippen LogP contribution in [0, 0.1) is 34.0 Å². The highest BCUT2D eigenvalue weighted by molar-refractivity contribution is 5.71. The van der Waals surface area contributed by atoms with Gasteiger partial charge in [0, 0.05) is 17.8 Å². The van der Waals surface area contributed by atoms with Crippen LogP contribution in [-0.2, 0) is 9.59 Å². The van der Waals surface area contributed by atoms with Gasteiger partial charge in [-0.05, 0) is 80.3 Å². The van der Waals surface area contributed by atoms with Crippen LogP contribution in [0.5, 0.6) is 0 Å².